The number of hydrogen-bond acceptors (Lipinski definition) is 4. The minimum atomic E-state index is -4.92. The van der Waals surface area contributed by atoms with Gasteiger partial charge in [0.2, 0.25) is 0 Å². The fourth-order valence-electron chi connectivity index (χ4n) is 3.68. The maximum atomic E-state index is 13.6. The third-order valence-electron chi connectivity index (χ3n) is 5.25. The highest BCUT2D eigenvalue weighted by Crippen LogP contribution is 2.34. The lowest BCUT2D eigenvalue weighted by molar-refractivity contribution is -0.142. The minimum Gasteiger partial charge on any atom is -0.348 e. The van der Waals surface area contributed by atoms with Crippen molar-refractivity contribution in [3.63, 3.8) is 0 Å². The Morgan fingerprint density at radius 1 is 1.06 bits per heavy atom. The fraction of sp³-hybridized carbons (Fsp3) is 0.474. The van der Waals surface area contributed by atoms with E-state index in [1.165, 1.54) is 0 Å². The van der Waals surface area contributed by atoms with E-state index < -0.39 is 62.2 Å². The Morgan fingerprint density at radius 2 is 1.70 bits per heavy atom. The normalized spacial score (nSPS) is 20.0. The predicted octanol–water partition coefficient (Wildman–Crippen LogP) is 4.12. The molecule has 1 amide bonds. The first-order chi connectivity index (χ1) is 15.2. The number of nitrogens with zero attached hydrogens (tertiary/aromatic N) is 2. The van der Waals surface area contributed by atoms with Crippen molar-refractivity contribution < 1.29 is 43.9 Å². The minimum absolute atomic E-state index is 0.0348. The van der Waals surface area contributed by atoms with Crippen molar-refractivity contribution in [3.8, 4) is 0 Å². The number of sulfone groups is 1. The largest absolute Gasteiger partial charge is 0.416 e. The second-order valence-electron chi connectivity index (χ2n) is 7.65. The van der Waals surface area contributed by atoms with Gasteiger partial charge in [0.15, 0.2) is 9.84 Å². The van der Waals surface area contributed by atoms with Crippen LogP contribution in [0.15, 0.2) is 35.4 Å². The number of carbonyl (C=O) groups excluding carboxylic acids is 1. The molecule has 1 saturated carbocycles. The Kier molecular flexibility index (Phi) is 6.78. The Morgan fingerprint density at radius 3 is 2.27 bits per heavy atom. The molecule has 0 radical (unpaired) electrons. The number of nitrogens with one attached hydrogen (secondary N) is 1. The maximum Gasteiger partial charge on any atom is 0.416 e. The van der Waals surface area contributed by atoms with Gasteiger partial charge in [-0.2, -0.15) is 31.4 Å². The molecular weight excluding hydrogens is 483 g/mol. The van der Waals surface area contributed by atoms with E-state index in [1.807, 2.05) is 0 Å². The molecule has 6 nitrogen and oxygen atoms in total. The molecule has 1 N–H and O–H groups in total. The van der Waals surface area contributed by atoms with Gasteiger partial charge in [-0.25, -0.2) is 12.8 Å². The summed E-state index contributed by atoms with van der Waals surface area (Å²) >= 11 is 0. The monoisotopic (exact) mass is 501 g/mol. The van der Waals surface area contributed by atoms with E-state index >= 15 is 0 Å². The summed E-state index contributed by atoms with van der Waals surface area (Å²) in [4.78, 5) is 11.6. The third-order valence-corrected chi connectivity index (χ3v) is 7.50. The van der Waals surface area contributed by atoms with Crippen molar-refractivity contribution in [1.29, 1.82) is 0 Å². The van der Waals surface area contributed by atoms with Crippen LogP contribution < -0.4 is 5.32 Å². The van der Waals surface area contributed by atoms with Gasteiger partial charge in [-0.1, -0.05) is 0 Å². The molecule has 3 rings (SSSR count). The van der Waals surface area contributed by atoms with Crippen LogP contribution in [0.4, 0.5) is 30.7 Å². The Hall–Kier alpha value is -2.64. The van der Waals surface area contributed by atoms with Crippen molar-refractivity contribution in [1.82, 2.24) is 15.1 Å². The molecule has 33 heavy (non-hydrogen) atoms. The molecule has 0 aliphatic heterocycles. The lowest BCUT2D eigenvalue weighted by Crippen LogP contribution is -2.41. The lowest BCUT2D eigenvalue weighted by Gasteiger charge is -2.29. The Labute approximate surface area is 183 Å². The van der Waals surface area contributed by atoms with E-state index in [0.717, 1.165) is 12.3 Å². The van der Waals surface area contributed by atoms with E-state index in [0.29, 0.717) is 16.8 Å². The fourth-order valence-corrected chi connectivity index (χ4v) is 5.53. The van der Waals surface area contributed by atoms with Crippen molar-refractivity contribution >= 4 is 15.7 Å². The van der Waals surface area contributed by atoms with Gasteiger partial charge in [-0.3, -0.25) is 9.48 Å². The zero-order valence-corrected chi connectivity index (χ0v) is 17.6. The first-order valence-corrected chi connectivity index (χ1v) is 11.2. The zero-order valence-electron chi connectivity index (χ0n) is 16.8. The number of alkyl halides is 6. The number of rotatable bonds is 5. The van der Waals surface area contributed by atoms with Crippen LogP contribution >= 0.6 is 0 Å². The Balaban J connectivity index is 1.66. The first kappa shape index (κ1) is 25.0. The number of carbonyl (C=O) groups is 1. The van der Waals surface area contributed by atoms with Crippen LogP contribution in [0, 0.1) is 5.82 Å². The average Bonchev–Trinajstić information content (AvgIpc) is 3.13. The summed E-state index contributed by atoms with van der Waals surface area (Å²) < 4.78 is 116. The van der Waals surface area contributed by atoms with E-state index in [9.17, 15) is 43.9 Å². The molecule has 1 fully saturated rings. The van der Waals surface area contributed by atoms with E-state index in [4.69, 9.17) is 0 Å². The molecule has 1 aromatic carbocycles. The molecule has 14 heteroatoms. The molecule has 1 aromatic heterocycles. The van der Waals surface area contributed by atoms with Gasteiger partial charge in [0.1, 0.15) is 18.1 Å². The van der Waals surface area contributed by atoms with Gasteiger partial charge < -0.3 is 5.32 Å². The first-order valence-electron chi connectivity index (χ1n) is 9.68. The second kappa shape index (κ2) is 8.95. The van der Waals surface area contributed by atoms with E-state index in [-0.39, 0.29) is 37.4 Å². The molecule has 0 saturated heterocycles. The van der Waals surface area contributed by atoms with Crippen LogP contribution in [0.1, 0.15) is 41.7 Å². The van der Waals surface area contributed by atoms with Crippen molar-refractivity contribution in [2.75, 3.05) is 0 Å². The number of amides is 1. The molecule has 0 atom stereocenters. The molecule has 1 aliphatic carbocycles. The molecule has 0 spiro atoms. The van der Waals surface area contributed by atoms with Gasteiger partial charge in [0.05, 0.1) is 15.7 Å². The van der Waals surface area contributed by atoms with Crippen LogP contribution in [0.5, 0.6) is 0 Å². The summed E-state index contributed by atoms with van der Waals surface area (Å²) in [5.41, 5.74) is -1.74. The maximum absolute atomic E-state index is 13.6. The van der Waals surface area contributed by atoms with Crippen LogP contribution in [-0.2, 0) is 22.6 Å². The quantitative estimate of drug-likeness (QED) is 0.626. The van der Waals surface area contributed by atoms with Crippen molar-refractivity contribution in [2.45, 2.75) is 60.8 Å². The molecule has 0 unspecified atom stereocenters. The van der Waals surface area contributed by atoms with Crippen LogP contribution in [0.25, 0.3) is 0 Å². The number of halogens is 7. The SMILES string of the molecule is O=C(NC1CCC(S(=O)(=O)c2cc(F)cc(C(F)(F)F)c2)CC1)c1ccnn1CC(F)(F)F. The predicted molar refractivity (Wildman–Crippen MR) is 100 cm³/mol. The van der Waals surface area contributed by atoms with Gasteiger partial charge in [-0.15, -0.1) is 0 Å². The highest BCUT2D eigenvalue weighted by Gasteiger charge is 2.37. The summed E-state index contributed by atoms with van der Waals surface area (Å²) in [7, 11) is -4.28. The Bertz CT molecular complexity index is 1120. The number of benzene rings is 1. The summed E-state index contributed by atoms with van der Waals surface area (Å²) in [5, 5.41) is 4.90. The smallest absolute Gasteiger partial charge is 0.348 e. The summed E-state index contributed by atoms with van der Waals surface area (Å²) in [5.74, 6) is -2.15. The second-order valence-corrected chi connectivity index (χ2v) is 9.88. The van der Waals surface area contributed by atoms with E-state index in [2.05, 4.69) is 10.4 Å². The van der Waals surface area contributed by atoms with Crippen LogP contribution in [0.3, 0.4) is 0 Å². The van der Waals surface area contributed by atoms with Gasteiger partial charge in [-0.05, 0) is 49.9 Å². The molecule has 2 aromatic rings. The summed E-state index contributed by atoms with van der Waals surface area (Å²) in [6, 6.07) is 1.67. The third kappa shape index (κ3) is 6.03. The van der Waals surface area contributed by atoms with Crippen molar-refractivity contribution in [2.24, 2.45) is 0 Å². The van der Waals surface area contributed by atoms with Crippen LogP contribution in [0.2, 0.25) is 0 Å². The van der Waals surface area contributed by atoms with Gasteiger partial charge in [0, 0.05) is 12.2 Å². The molecule has 1 aliphatic rings. The standard InChI is InChI=1S/C19H18F7N3O3S/c20-12-7-11(19(24,25)26)8-15(9-12)33(31,32)14-3-1-13(2-4-14)28-17(30)16-5-6-27-29(16)10-18(21,22)23/h5-9,13-14H,1-4,10H2,(H,28,30). The number of aromatic nitrogens is 2. The summed E-state index contributed by atoms with van der Waals surface area (Å²) in [6.07, 6.45) is -8.31. The molecular formula is C19H18F7N3O3S. The average molecular weight is 501 g/mol. The topological polar surface area (TPSA) is 81.1 Å². The summed E-state index contributed by atoms with van der Waals surface area (Å²) in [6.45, 7) is -1.46. The molecule has 182 valence electrons. The molecule has 1 heterocycles. The van der Waals surface area contributed by atoms with Crippen LogP contribution in [-0.4, -0.2) is 41.6 Å². The highest BCUT2D eigenvalue weighted by atomic mass is 32.2. The highest BCUT2D eigenvalue weighted by molar-refractivity contribution is 7.92. The van der Waals surface area contributed by atoms with Gasteiger partial charge in [0.25, 0.3) is 5.91 Å². The van der Waals surface area contributed by atoms with Gasteiger partial charge >= 0.3 is 12.4 Å². The zero-order chi connectivity index (χ0) is 24.6. The van der Waals surface area contributed by atoms with E-state index in [1.54, 1.807) is 0 Å². The van der Waals surface area contributed by atoms with Crippen molar-refractivity contribution in [3.05, 3.63) is 47.5 Å². The lowest BCUT2D eigenvalue weighted by atomic mass is 9.95. The molecule has 0 bridgehead atoms. The number of hydrogen-bond donors (Lipinski definition) is 1.